The van der Waals surface area contributed by atoms with Gasteiger partial charge in [-0.1, -0.05) is 97.1 Å². The van der Waals surface area contributed by atoms with E-state index in [-0.39, 0.29) is 0 Å². The summed E-state index contributed by atoms with van der Waals surface area (Å²) in [5.41, 5.74) is 4.83. The summed E-state index contributed by atoms with van der Waals surface area (Å²) in [5.74, 6) is -0.449. The van der Waals surface area contributed by atoms with Gasteiger partial charge in [0.05, 0.1) is 5.69 Å². The maximum absolute atomic E-state index is 11.8. The normalized spacial score (nSPS) is 11.9. The van der Waals surface area contributed by atoms with Crippen LogP contribution in [0.4, 0.5) is 5.82 Å². The fourth-order valence-electron chi connectivity index (χ4n) is 3.34. The van der Waals surface area contributed by atoms with Gasteiger partial charge < -0.3 is 10.4 Å². The number of anilines is 1. The van der Waals surface area contributed by atoms with E-state index in [9.17, 15) is 9.90 Å². The van der Waals surface area contributed by atoms with Gasteiger partial charge in [0, 0.05) is 18.1 Å². The van der Waals surface area contributed by atoms with Crippen LogP contribution in [-0.2, 0) is 11.2 Å². The van der Waals surface area contributed by atoms with E-state index < -0.39 is 12.0 Å². The molecule has 0 spiro atoms. The summed E-state index contributed by atoms with van der Waals surface area (Å²) in [6, 6.07) is 28.7. The van der Waals surface area contributed by atoms with E-state index in [1.165, 1.54) is 6.33 Å². The van der Waals surface area contributed by atoms with E-state index in [1.54, 1.807) is 6.07 Å². The maximum Gasteiger partial charge on any atom is 0.326 e. The Kier molecular flexibility index (Phi) is 6.68. The summed E-state index contributed by atoms with van der Waals surface area (Å²) >= 11 is 0. The second-order valence-electron chi connectivity index (χ2n) is 7.38. The summed E-state index contributed by atoms with van der Waals surface area (Å²) in [4.78, 5) is 20.3. The van der Waals surface area contributed by atoms with Gasteiger partial charge in [0.1, 0.15) is 18.2 Å². The Morgan fingerprint density at radius 3 is 2.12 bits per heavy atom. The number of nitrogens with one attached hydrogen (secondary N) is 1. The fraction of sp³-hybridized carbons (Fsp3) is 0.0741. The van der Waals surface area contributed by atoms with Crippen molar-refractivity contribution in [2.75, 3.05) is 5.32 Å². The Balaban J connectivity index is 1.47. The van der Waals surface area contributed by atoms with Crippen LogP contribution in [0.15, 0.2) is 97.3 Å². The minimum absolute atomic E-state index is 0.359. The lowest BCUT2D eigenvalue weighted by Gasteiger charge is -2.15. The second-order valence-corrected chi connectivity index (χ2v) is 7.38. The van der Waals surface area contributed by atoms with Gasteiger partial charge in [-0.3, -0.25) is 0 Å². The van der Waals surface area contributed by atoms with Crippen molar-refractivity contribution in [3.63, 3.8) is 0 Å². The summed E-state index contributed by atoms with van der Waals surface area (Å²) in [6.07, 6.45) is 5.94. The first-order valence-corrected chi connectivity index (χ1v) is 10.4. The van der Waals surface area contributed by atoms with Crippen LogP contribution in [0.2, 0.25) is 0 Å². The lowest BCUT2D eigenvalue weighted by Crippen LogP contribution is -2.31. The number of carboxylic acid groups (broad SMARTS) is 1. The van der Waals surface area contributed by atoms with Crippen LogP contribution >= 0.6 is 0 Å². The molecule has 2 N–H and O–H groups in total. The number of nitrogens with zero attached hydrogens (tertiary/aromatic N) is 2. The Labute approximate surface area is 187 Å². The number of hydrogen-bond acceptors (Lipinski definition) is 4. The maximum atomic E-state index is 11.8. The summed E-state index contributed by atoms with van der Waals surface area (Å²) in [6.45, 7) is 0. The average molecular weight is 422 g/mol. The fourth-order valence-corrected chi connectivity index (χ4v) is 3.34. The highest BCUT2D eigenvalue weighted by molar-refractivity contribution is 5.78. The van der Waals surface area contributed by atoms with Crippen molar-refractivity contribution >= 4 is 23.9 Å². The molecule has 4 aromatic rings. The molecular formula is C27H23N3O2. The number of aliphatic carboxylic acids is 1. The Hall–Kier alpha value is -4.25. The summed E-state index contributed by atoms with van der Waals surface area (Å²) in [7, 11) is 0. The molecule has 3 aromatic carbocycles. The molecule has 4 rings (SSSR count). The van der Waals surface area contributed by atoms with Gasteiger partial charge in [-0.2, -0.15) is 0 Å². The van der Waals surface area contributed by atoms with Crippen molar-refractivity contribution in [2.45, 2.75) is 12.5 Å². The van der Waals surface area contributed by atoms with Crippen LogP contribution in [0.5, 0.6) is 0 Å². The van der Waals surface area contributed by atoms with E-state index in [0.717, 1.165) is 27.9 Å². The Morgan fingerprint density at radius 1 is 0.844 bits per heavy atom. The molecule has 0 saturated heterocycles. The quantitative estimate of drug-likeness (QED) is 0.372. The number of rotatable bonds is 8. The number of aromatic nitrogens is 2. The zero-order valence-corrected chi connectivity index (χ0v) is 17.4. The molecule has 0 aliphatic rings. The molecule has 0 unspecified atom stereocenters. The third-order valence-corrected chi connectivity index (χ3v) is 5.04. The third-order valence-electron chi connectivity index (χ3n) is 5.04. The molecule has 158 valence electrons. The number of carboxylic acids is 1. The molecule has 1 aromatic heterocycles. The predicted molar refractivity (Wildman–Crippen MR) is 128 cm³/mol. The van der Waals surface area contributed by atoms with Crippen molar-refractivity contribution in [3.05, 3.63) is 114 Å². The first-order valence-electron chi connectivity index (χ1n) is 10.4. The van der Waals surface area contributed by atoms with E-state index in [2.05, 4.69) is 39.6 Å². The molecule has 0 aliphatic carbocycles. The van der Waals surface area contributed by atoms with E-state index in [4.69, 9.17) is 0 Å². The molecule has 0 fully saturated rings. The van der Waals surface area contributed by atoms with Gasteiger partial charge in [-0.15, -0.1) is 0 Å². The number of benzene rings is 3. The van der Waals surface area contributed by atoms with Crippen LogP contribution in [0.3, 0.4) is 0 Å². The molecule has 32 heavy (non-hydrogen) atoms. The lowest BCUT2D eigenvalue weighted by atomic mass is 10.1. The molecule has 5 heteroatoms. The highest BCUT2D eigenvalue weighted by atomic mass is 16.4. The Morgan fingerprint density at radius 2 is 1.47 bits per heavy atom. The van der Waals surface area contributed by atoms with E-state index in [0.29, 0.717) is 12.2 Å². The summed E-state index contributed by atoms with van der Waals surface area (Å²) < 4.78 is 0. The molecule has 5 nitrogen and oxygen atoms in total. The van der Waals surface area contributed by atoms with Crippen LogP contribution in [0.1, 0.15) is 16.7 Å². The molecule has 0 radical (unpaired) electrons. The molecule has 0 amide bonds. The number of carbonyl (C=O) groups is 1. The zero-order chi connectivity index (χ0) is 22.2. The highest BCUT2D eigenvalue weighted by Crippen LogP contribution is 2.21. The minimum Gasteiger partial charge on any atom is -0.480 e. The molecule has 0 bridgehead atoms. The largest absolute Gasteiger partial charge is 0.480 e. The summed E-state index contributed by atoms with van der Waals surface area (Å²) in [5, 5.41) is 12.7. The molecule has 0 saturated carbocycles. The van der Waals surface area contributed by atoms with Crippen molar-refractivity contribution < 1.29 is 9.90 Å². The smallest absolute Gasteiger partial charge is 0.326 e. The topological polar surface area (TPSA) is 75.1 Å². The van der Waals surface area contributed by atoms with Crippen LogP contribution in [-0.4, -0.2) is 27.1 Å². The van der Waals surface area contributed by atoms with Gasteiger partial charge in [-0.05, 0) is 16.7 Å². The predicted octanol–water partition coefficient (Wildman–Crippen LogP) is 5.42. The van der Waals surface area contributed by atoms with Gasteiger partial charge in [0.15, 0.2) is 0 Å². The molecule has 1 atom stereocenters. The first-order chi connectivity index (χ1) is 15.7. The monoisotopic (exact) mass is 421 g/mol. The molecule has 0 aliphatic heterocycles. The standard InChI is InChI=1S/C27H23N3O2/c31-27(32)25(17-22-9-5-2-6-10-22)30-26-18-24(28-19-29-26)23-15-13-21(14-16-23)12-11-20-7-3-1-4-8-20/h1-16,18-19,25H,17H2,(H,31,32)(H,28,29,30)/b12-11+/t25-/m0/s1. The van der Waals surface area contributed by atoms with Gasteiger partial charge in [-0.25, -0.2) is 14.8 Å². The van der Waals surface area contributed by atoms with Crippen LogP contribution in [0, 0.1) is 0 Å². The molecular weight excluding hydrogens is 398 g/mol. The van der Waals surface area contributed by atoms with Crippen molar-refractivity contribution in [3.8, 4) is 11.3 Å². The van der Waals surface area contributed by atoms with E-state index in [1.807, 2.05) is 72.8 Å². The van der Waals surface area contributed by atoms with Crippen molar-refractivity contribution in [1.82, 2.24) is 9.97 Å². The average Bonchev–Trinajstić information content (AvgIpc) is 2.84. The zero-order valence-electron chi connectivity index (χ0n) is 17.4. The third kappa shape index (κ3) is 5.67. The van der Waals surface area contributed by atoms with Gasteiger partial charge in [0.2, 0.25) is 0 Å². The van der Waals surface area contributed by atoms with E-state index >= 15 is 0 Å². The lowest BCUT2D eigenvalue weighted by molar-refractivity contribution is -0.137. The van der Waals surface area contributed by atoms with Crippen LogP contribution in [0.25, 0.3) is 23.4 Å². The second kappa shape index (κ2) is 10.2. The van der Waals surface area contributed by atoms with Crippen molar-refractivity contribution in [1.29, 1.82) is 0 Å². The minimum atomic E-state index is -0.927. The molecule has 1 heterocycles. The van der Waals surface area contributed by atoms with Crippen LogP contribution < -0.4 is 5.32 Å². The first kappa shape index (κ1) is 21.0. The number of hydrogen-bond donors (Lipinski definition) is 2. The van der Waals surface area contributed by atoms with Gasteiger partial charge in [0.25, 0.3) is 0 Å². The SMILES string of the molecule is O=C(O)[C@H](Cc1ccccc1)Nc1cc(-c2ccc(/C=C/c3ccccc3)cc2)ncn1. The van der Waals surface area contributed by atoms with Gasteiger partial charge >= 0.3 is 5.97 Å². The highest BCUT2D eigenvalue weighted by Gasteiger charge is 2.18. The van der Waals surface area contributed by atoms with Crippen molar-refractivity contribution in [2.24, 2.45) is 0 Å². The Bertz CT molecular complexity index is 1190.